The Morgan fingerprint density at radius 2 is 2.10 bits per heavy atom. The van der Waals surface area contributed by atoms with Crippen LogP contribution in [0, 0.1) is 5.92 Å². The number of carbonyl (C=O) groups excluding carboxylic acids is 1. The fourth-order valence-electron chi connectivity index (χ4n) is 2.79. The molecule has 1 aliphatic rings. The van der Waals surface area contributed by atoms with Crippen LogP contribution >= 0.6 is 0 Å². The zero-order valence-electron chi connectivity index (χ0n) is 13.3. The van der Waals surface area contributed by atoms with Gasteiger partial charge < -0.3 is 16.3 Å². The van der Waals surface area contributed by atoms with E-state index in [1.165, 1.54) is 0 Å². The molecule has 0 aliphatic carbocycles. The first-order valence-electron chi connectivity index (χ1n) is 8.09. The SMILES string of the molecule is CCCCC(CC)C(=O)NC1CCN(CC(N)=NO)CC1. The van der Waals surface area contributed by atoms with Crippen LogP contribution in [0.2, 0.25) is 0 Å². The van der Waals surface area contributed by atoms with E-state index in [0.29, 0.717) is 6.54 Å². The fourth-order valence-corrected chi connectivity index (χ4v) is 2.79. The molecule has 1 amide bonds. The number of hydrogen-bond donors (Lipinski definition) is 3. The van der Waals surface area contributed by atoms with Gasteiger partial charge in [-0.05, 0) is 25.7 Å². The quantitative estimate of drug-likeness (QED) is 0.274. The Hall–Kier alpha value is -1.30. The molecule has 0 aromatic carbocycles. The number of amides is 1. The van der Waals surface area contributed by atoms with Crippen LogP contribution in [-0.4, -0.2) is 47.5 Å². The van der Waals surface area contributed by atoms with Gasteiger partial charge >= 0.3 is 0 Å². The first kappa shape index (κ1) is 17.8. The van der Waals surface area contributed by atoms with E-state index in [-0.39, 0.29) is 23.7 Å². The van der Waals surface area contributed by atoms with Crippen LogP contribution in [0.5, 0.6) is 0 Å². The van der Waals surface area contributed by atoms with E-state index >= 15 is 0 Å². The van der Waals surface area contributed by atoms with Gasteiger partial charge in [-0.3, -0.25) is 9.69 Å². The Labute approximate surface area is 127 Å². The summed E-state index contributed by atoms with van der Waals surface area (Å²) in [7, 11) is 0. The van der Waals surface area contributed by atoms with Crippen molar-refractivity contribution in [2.45, 2.75) is 58.4 Å². The highest BCUT2D eigenvalue weighted by atomic mass is 16.4. The van der Waals surface area contributed by atoms with Crippen LogP contribution in [0.4, 0.5) is 0 Å². The summed E-state index contributed by atoms with van der Waals surface area (Å²) in [4.78, 5) is 14.4. The van der Waals surface area contributed by atoms with Gasteiger partial charge in [0, 0.05) is 25.0 Å². The zero-order chi connectivity index (χ0) is 15.7. The summed E-state index contributed by atoms with van der Waals surface area (Å²) in [6.45, 7) is 6.46. The van der Waals surface area contributed by atoms with Crippen LogP contribution in [0.15, 0.2) is 5.16 Å². The molecule has 0 aromatic rings. The number of nitrogens with one attached hydrogen (secondary N) is 1. The molecule has 0 aromatic heterocycles. The van der Waals surface area contributed by atoms with Gasteiger partial charge in [0.25, 0.3) is 0 Å². The maximum Gasteiger partial charge on any atom is 0.223 e. The average molecular weight is 298 g/mol. The lowest BCUT2D eigenvalue weighted by atomic mass is 9.97. The van der Waals surface area contributed by atoms with Gasteiger partial charge in [-0.25, -0.2) is 0 Å². The summed E-state index contributed by atoms with van der Waals surface area (Å²) < 4.78 is 0. The molecule has 1 aliphatic heterocycles. The van der Waals surface area contributed by atoms with E-state index in [2.05, 4.69) is 29.2 Å². The lowest BCUT2D eigenvalue weighted by Gasteiger charge is -2.32. The monoisotopic (exact) mass is 298 g/mol. The standard InChI is InChI=1S/C15H30N4O2/c1-3-5-6-12(4-2)15(20)17-13-7-9-19(10-8-13)11-14(16)18-21/h12-13,21H,3-11H2,1-2H3,(H2,16,18)(H,17,20). The van der Waals surface area contributed by atoms with Crippen LogP contribution in [-0.2, 0) is 4.79 Å². The molecule has 122 valence electrons. The normalized spacial score (nSPS) is 19.4. The van der Waals surface area contributed by atoms with Crippen molar-refractivity contribution in [3.63, 3.8) is 0 Å². The minimum Gasteiger partial charge on any atom is -0.409 e. The Morgan fingerprint density at radius 1 is 1.43 bits per heavy atom. The summed E-state index contributed by atoms with van der Waals surface area (Å²) in [6, 6.07) is 0.261. The third-order valence-corrected chi connectivity index (χ3v) is 4.22. The minimum absolute atomic E-state index is 0.153. The zero-order valence-corrected chi connectivity index (χ0v) is 13.3. The summed E-state index contributed by atoms with van der Waals surface area (Å²) in [5.41, 5.74) is 5.51. The lowest BCUT2D eigenvalue weighted by molar-refractivity contribution is -0.126. The van der Waals surface area contributed by atoms with Gasteiger partial charge in [-0.15, -0.1) is 0 Å². The molecule has 0 bridgehead atoms. The smallest absolute Gasteiger partial charge is 0.223 e. The highest BCUT2D eigenvalue weighted by molar-refractivity contribution is 5.81. The molecule has 0 spiro atoms. The van der Waals surface area contributed by atoms with Crippen molar-refractivity contribution >= 4 is 11.7 Å². The molecule has 4 N–H and O–H groups in total. The summed E-state index contributed by atoms with van der Waals surface area (Å²) in [5.74, 6) is 0.601. The van der Waals surface area contributed by atoms with E-state index in [1.807, 2.05) is 0 Å². The number of amidine groups is 1. The summed E-state index contributed by atoms with van der Waals surface area (Å²) >= 11 is 0. The average Bonchev–Trinajstić information content (AvgIpc) is 2.50. The first-order chi connectivity index (χ1) is 10.1. The molecular formula is C15H30N4O2. The number of nitrogens with two attached hydrogens (primary N) is 1. The number of carbonyl (C=O) groups is 1. The van der Waals surface area contributed by atoms with Gasteiger partial charge in [0.1, 0.15) is 0 Å². The Kier molecular flexibility index (Phi) is 8.12. The molecule has 1 fully saturated rings. The third kappa shape index (κ3) is 6.33. The Balaban J connectivity index is 2.32. The molecule has 1 heterocycles. The molecule has 1 atom stereocenters. The van der Waals surface area contributed by atoms with Crippen molar-refractivity contribution in [1.29, 1.82) is 0 Å². The maximum absolute atomic E-state index is 12.3. The highest BCUT2D eigenvalue weighted by Gasteiger charge is 2.23. The van der Waals surface area contributed by atoms with Gasteiger partial charge in [0.15, 0.2) is 5.84 Å². The molecule has 1 rings (SSSR count). The van der Waals surface area contributed by atoms with Gasteiger partial charge in [-0.1, -0.05) is 31.8 Å². The molecular weight excluding hydrogens is 268 g/mol. The molecule has 6 heteroatoms. The highest BCUT2D eigenvalue weighted by Crippen LogP contribution is 2.15. The van der Waals surface area contributed by atoms with Crippen LogP contribution in [0.1, 0.15) is 52.4 Å². The second-order valence-corrected chi connectivity index (χ2v) is 5.90. The van der Waals surface area contributed by atoms with E-state index < -0.39 is 0 Å². The molecule has 0 radical (unpaired) electrons. The maximum atomic E-state index is 12.3. The van der Waals surface area contributed by atoms with Crippen molar-refractivity contribution in [3.05, 3.63) is 0 Å². The molecule has 0 saturated carbocycles. The summed E-state index contributed by atoms with van der Waals surface area (Å²) in [6.07, 6.45) is 6.00. The van der Waals surface area contributed by atoms with E-state index in [1.54, 1.807) is 0 Å². The van der Waals surface area contributed by atoms with Crippen molar-refractivity contribution < 1.29 is 10.0 Å². The number of hydrogen-bond acceptors (Lipinski definition) is 4. The predicted molar refractivity (Wildman–Crippen MR) is 84.3 cm³/mol. The Morgan fingerprint density at radius 3 is 2.62 bits per heavy atom. The number of unbranched alkanes of at least 4 members (excludes halogenated alkanes) is 1. The number of likely N-dealkylation sites (tertiary alicyclic amines) is 1. The van der Waals surface area contributed by atoms with Crippen molar-refractivity contribution in [1.82, 2.24) is 10.2 Å². The molecule has 1 saturated heterocycles. The molecule has 6 nitrogen and oxygen atoms in total. The van der Waals surface area contributed by atoms with E-state index in [4.69, 9.17) is 10.9 Å². The van der Waals surface area contributed by atoms with Crippen molar-refractivity contribution in [2.24, 2.45) is 16.8 Å². The number of piperidine rings is 1. The number of rotatable bonds is 8. The Bertz CT molecular complexity index is 339. The topological polar surface area (TPSA) is 91.0 Å². The first-order valence-corrected chi connectivity index (χ1v) is 8.09. The van der Waals surface area contributed by atoms with Crippen LogP contribution < -0.4 is 11.1 Å². The number of nitrogens with zero attached hydrogens (tertiary/aromatic N) is 2. The third-order valence-electron chi connectivity index (χ3n) is 4.22. The van der Waals surface area contributed by atoms with Crippen LogP contribution in [0.3, 0.4) is 0 Å². The van der Waals surface area contributed by atoms with Crippen molar-refractivity contribution in [2.75, 3.05) is 19.6 Å². The van der Waals surface area contributed by atoms with Crippen LogP contribution in [0.25, 0.3) is 0 Å². The van der Waals surface area contributed by atoms with Crippen molar-refractivity contribution in [3.8, 4) is 0 Å². The number of oxime groups is 1. The largest absolute Gasteiger partial charge is 0.409 e. The second kappa shape index (κ2) is 9.60. The second-order valence-electron chi connectivity index (χ2n) is 5.90. The van der Waals surface area contributed by atoms with Gasteiger partial charge in [0.05, 0.1) is 6.54 Å². The minimum atomic E-state index is 0.153. The fraction of sp³-hybridized carbons (Fsp3) is 0.867. The lowest BCUT2D eigenvalue weighted by Crippen LogP contribution is -2.48. The predicted octanol–water partition coefficient (Wildman–Crippen LogP) is 1.53. The molecule has 1 unspecified atom stereocenters. The molecule has 21 heavy (non-hydrogen) atoms. The van der Waals surface area contributed by atoms with Gasteiger partial charge in [-0.2, -0.15) is 0 Å². The van der Waals surface area contributed by atoms with E-state index in [9.17, 15) is 4.79 Å². The van der Waals surface area contributed by atoms with Gasteiger partial charge in [0.2, 0.25) is 5.91 Å². The summed E-state index contributed by atoms with van der Waals surface area (Å²) in [5, 5.41) is 14.8. The van der Waals surface area contributed by atoms with E-state index in [0.717, 1.165) is 51.6 Å².